The molecule has 1 rings (SSSR count). The van der Waals surface area contributed by atoms with Gasteiger partial charge in [-0.2, -0.15) is 13.2 Å². The van der Waals surface area contributed by atoms with Crippen molar-refractivity contribution in [2.24, 2.45) is 0 Å². The van der Waals surface area contributed by atoms with Crippen LogP contribution in [0.15, 0.2) is 12.1 Å². The maximum Gasteiger partial charge on any atom is 0.441 e. The second-order valence-electron chi connectivity index (χ2n) is 4.41. The van der Waals surface area contributed by atoms with Crippen LogP contribution >= 0.6 is 11.8 Å². The molecule has 0 spiro atoms. The number of halogens is 3. The summed E-state index contributed by atoms with van der Waals surface area (Å²) in [6, 6.07) is 2.99. The van der Waals surface area contributed by atoms with E-state index in [1.165, 1.54) is 6.07 Å². The van der Waals surface area contributed by atoms with Crippen LogP contribution in [0.4, 0.5) is 19.0 Å². The SMILES string of the molecule is CC(C)c1cc(C(=O)NCCSC(F)(F)F)cc(N)n1. The van der Waals surface area contributed by atoms with Gasteiger partial charge in [-0.1, -0.05) is 13.8 Å². The van der Waals surface area contributed by atoms with Crippen molar-refractivity contribution >= 4 is 23.5 Å². The fraction of sp³-hybridized carbons (Fsp3) is 0.500. The molecular formula is C12H16F3N3OS. The third-order valence-electron chi connectivity index (χ3n) is 2.37. The zero-order valence-electron chi connectivity index (χ0n) is 11.1. The minimum Gasteiger partial charge on any atom is -0.384 e. The van der Waals surface area contributed by atoms with E-state index in [1.54, 1.807) is 6.07 Å². The molecule has 1 heterocycles. The van der Waals surface area contributed by atoms with E-state index >= 15 is 0 Å². The van der Waals surface area contributed by atoms with Crippen molar-refractivity contribution in [1.29, 1.82) is 0 Å². The number of hydrogen-bond acceptors (Lipinski definition) is 4. The van der Waals surface area contributed by atoms with E-state index in [2.05, 4.69) is 10.3 Å². The predicted octanol–water partition coefficient (Wildman–Crippen LogP) is 2.77. The van der Waals surface area contributed by atoms with Gasteiger partial charge in [0, 0.05) is 23.6 Å². The van der Waals surface area contributed by atoms with Crippen molar-refractivity contribution in [2.75, 3.05) is 18.0 Å². The summed E-state index contributed by atoms with van der Waals surface area (Å²) in [6.07, 6.45) is 0. The molecule has 0 unspecified atom stereocenters. The number of thioether (sulfide) groups is 1. The number of hydrogen-bond donors (Lipinski definition) is 2. The fourth-order valence-corrected chi connectivity index (χ4v) is 1.87. The van der Waals surface area contributed by atoms with Gasteiger partial charge in [-0.05, 0) is 29.8 Å². The molecular weight excluding hydrogens is 291 g/mol. The molecule has 0 aliphatic rings. The molecule has 1 aromatic rings. The van der Waals surface area contributed by atoms with E-state index in [1.807, 2.05) is 13.8 Å². The maximum atomic E-state index is 11.9. The normalized spacial score (nSPS) is 11.7. The molecule has 0 aliphatic heterocycles. The summed E-state index contributed by atoms with van der Waals surface area (Å²) in [7, 11) is 0. The van der Waals surface area contributed by atoms with Gasteiger partial charge in [0.1, 0.15) is 5.82 Å². The smallest absolute Gasteiger partial charge is 0.384 e. The number of nitrogens with two attached hydrogens (primary N) is 1. The van der Waals surface area contributed by atoms with Gasteiger partial charge < -0.3 is 11.1 Å². The Morgan fingerprint density at radius 2 is 2.10 bits per heavy atom. The van der Waals surface area contributed by atoms with Gasteiger partial charge in [0.05, 0.1) is 0 Å². The summed E-state index contributed by atoms with van der Waals surface area (Å²) in [5.74, 6) is -0.368. The van der Waals surface area contributed by atoms with Crippen molar-refractivity contribution in [3.05, 3.63) is 23.4 Å². The molecule has 0 aliphatic carbocycles. The van der Waals surface area contributed by atoms with Crippen molar-refractivity contribution in [2.45, 2.75) is 25.3 Å². The molecule has 20 heavy (non-hydrogen) atoms. The number of nitrogens with zero attached hydrogens (tertiary/aromatic N) is 1. The van der Waals surface area contributed by atoms with Gasteiger partial charge in [0.25, 0.3) is 5.91 Å². The summed E-state index contributed by atoms with van der Waals surface area (Å²) >= 11 is -0.170. The molecule has 1 amide bonds. The number of nitrogen functional groups attached to an aromatic ring is 1. The molecule has 0 aromatic carbocycles. The van der Waals surface area contributed by atoms with E-state index in [4.69, 9.17) is 5.73 Å². The largest absolute Gasteiger partial charge is 0.441 e. The lowest BCUT2D eigenvalue weighted by atomic mass is 10.1. The molecule has 0 saturated carbocycles. The Bertz CT molecular complexity index is 478. The molecule has 0 atom stereocenters. The van der Waals surface area contributed by atoms with Crippen LogP contribution in [0, 0.1) is 0 Å². The van der Waals surface area contributed by atoms with Gasteiger partial charge in [-0.3, -0.25) is 4.79 Å². The number of amides is 1. The van der Waals surface area contributed by atoms with Gasteiger partial charge in [-0.15, -0.1) is 0 Å². The van der Waals surface area contributed by atoms with Crippen molar-refractivity contribution < 1.29 is 18.0 Å². The highest BCUT2D eigenvalue weighted by atomic mass is 32.2. The highest BCUT2D eigenvalue weighted by Crippen LogP contribution is 2.29. The van der Waals surface area contributed by atoms with Crippen molar-refractivity contribution in [3.63, 3.8) is 0 Å². The first-order valence-corrected chi connectivity index (χ1v) is 6.94. The van der Waals surface area contributed by atoms with Gasteiger partial charge in [0.15, 0.2) is 0 Å². The summed E-state index contributed by atoms with van der Waals surface area (Å²) in [5.41, 5.74) is 2.29. The molecule has 3 N–H and O–H groups in total. The number of alkyl halides is 3. The van der Waals surface area contributed by atoms with Crippen LogP contribution in [0.25, 0.3) is 0 Å². The minimum absolute atomic E-state index is 0.0672. The van der Waals surface area contributed by atoms with Crippen LogP contribution in [0.5, 0.6) is 0 Å². The van der Waals surface area contributed by atoms with Crippen LogP contribution in [-0.4, -0.2) is 28.7 Å². The topological polar surface area (TPSA) is 68.0 Å². The standard InChI is InChI=1S/C12H16F3N3OS/c1-7(2)9-5-8(6-10(16)18-9)11(19)17-3-4-20-12(13,14)15/h5-7H,3-4H2,1-2H3,(H2,16,18)(H,17,19). The number of carbonyl (C=O) groups is 1. The van der Waals surface area contributed by atoms with Gasteiger partial charge in [-0.25, -0.2) is 4.98 Å². The lowest BCUT2D eigenvalue weighted by Crippen LogP contribution is -2.27. The predicted molar refractivity (Wildman–Crippen MR) is 73.6 cm³/mol. The molecule has 0 saturated heterocycles. The lowest BCUT2D eigenvalue weighted by molar-refractivity contribution is -0.0327. The fourth-order valence-electron chi connectivity index (χ4n) is 1.43. The Balaban J connectivity index is 2.59. The minimum atomic E-state index is -4.28. The molecule has 0 radical (unpaired) electrons. The average Bonchev–Trinajstić information content (AvgIpc) is 2.32. The molecule has 0 fully saturated rings. The first-order chi connectivity index (χ1) is 9.19. The van der Waals surface area contributed by atoms with E-state index < -0.39 is 11.4 Å². The Hall–Kier alpha value is -1.44. The van der Waals surface area contributed by atoms with E-state index in [-0.39, 0.29) is 35.8 Å². The highest BCUT2D eigenvalue weighted by molar-refractivity contribution is 8.00. The zero-order chi connectivity index (χ0) is 15.3. The Morgan fingerprint density at radius 3 is 2.65 bits per heavy atom. The van der Waals surface area contributed by atoms with Crippen molar-refractivity contribution in [1.82, 2.24) is 10.3 Å². The molecule has 1 aromatic heterocycles. The number of anilines is 1. The highest BCUT2D eigenvalue weighted by Gasteiger charge is 2.27. The van der Waals surface area contributed by atoms with E-state index in [0.29, 0.717) is 11.3 Å². The summed E-state index contributed by atoms with van der Waals surface area (Å²) < 4.78 is 35.8. The third-order valence-corrected chi connectivity index (χ3v) is 3.11. The number of rotatable bonds is 5. The van der Waals surface area contributed by atoms with E-state index in [0.717, 1.165) is 0 Å². The van der Waals surface area contributed by atoms with Crippen molar-refractivity contribution in [3.8, 4) is 0 Å². The van der Waals surface area contributed by atoms with E-state index in [9.17, 15) is 18.0 Å². The van der Waals surface area contributed by atoms with Crippen LogP contribution in [0.1, 0.15) is 35.8 Å². The van der Waals surface area contributed by atoms with Crippen LogP contribution in [0.2, 0.25) is 0 Å². The molecule has 8 heteroatoms. The van der Waals surface area contributed by atoms with Crippen LogP contribution in [0.3, 0.4) is 0 Å². The Kier molecular flexibility index (Phi) is 5.67. The average molecular weight is 307 g/mol. The third kappa shape index (κ3) is 5.68. The quantitative estimate of drug-likeness (QED) is 0.821. The first-order valence-electron chi connectivity index (χ1n) is 5.95. The molecule has 4 nitrogen and oxygen atoms in total. The molecule has 112 valence electrons. The maximum absolute atomic E-state index is 11.9. The van der Waals surface area contributed by atoms with Gasteiger partial charge in [0.2, 0.25) is 0 Å². The number of aromatic nitrogens is 1. The summed E-state index contributed by atoms with van der Waals surface area (Å²) in [6.45, 7) is 3.75. The second kappa shape index (κ2) is 6.83. The Labute approximate surface area is 119 Å². The summed E-state index contributed by atoms with van der Waals surface area (Å²) in [4.78, 5) is 15.9. The zero-order valence-corrected chi connectivity index (χ0v) is 11.9. The first kappa shape index (κ1) is 16.6. The lowest BCUT2D eigenvalue weighted by Gasteiger charge is -2.10. The van der Waals surface area contributed by atoms with Crippen LogP contribution < -0.4 is 11.1 Å². The second-order valence-corrected chi connectivity index (χ2v) is 5.57. The monoisotopic (exact) mass is 307 g/mol. The summed E-state index contributed by atoms with van der Waals surface area (Å²) in [5, 5.41) is 2.42. The number of nitrogens with one attached hydrogen (secondary N) is 1. The Morgan fingerprint density at radius 1 is 1.45 bits per heavy atom. The van der Waals surface area contributed by atoms with Crippen LogP contribution in [-0.2, 0) is 0 Å². The number of carbonyl (C=O) groups excluding carboxylic acids is 1. The number of pyridine rings is 1. The van der Waals surface area contributed by atoms with Gasteiger partial charge >= 0.3 is 5.51 Å². The molecule has 0 bridgehead atoms.